The van der Waals surface area contributed by atoms with Gasteiger partial charge >= 0.3 is 0 Å². The van der Waals surface area contributed by atoms with Crippen molar-refractivity contribution >= 4 is 0 Å². The highest BCUT2D eigenvalue weighted by molar-refractivity contribution is 5.03. The second kappa shape index (κ2) is 5.40. The van der Waals surface area contributed by atoms with E-state index in [0.717, 1.165) is 23.9 Å². The fourth-order valence-corrected chi connectivity index (χ4v) is 4.83. The van der Waals surface area contributed by atoms with Crippen LogP contribution in [0.4, 0.5) is 0 Å². The van der Waals surface area contributed by atoms with E-state index >= 15 is 0 Å². The first-order valence-corrected chi connectivity index (χ1v) is 8.58. The molecule has 2 aliphatic carbocycles. The van der Waals surface area contributed by atoms with Crippen LogP contribution in [-0.4, -0.2) is 47.7 Å². The second-order valence-corrected chi connectivity index (χ2v) is 7.63. The molecule has 0 aromatic carbocycles. The first-order valence-electron chi connectivity index (χ1n) is 8.58. The van der Waals surface area contributed by atoms with E-state index in [1.165, 1.54) is 64.8 Å². The van der Waals surface area contributed by atoms with E-state index in [0.29, 0.717) is 5.41 Å². The van der Waals surface area contributed by atoms with Gasteiger partial charge in [-0.05, 0) is 50.4 Å². The van der Waals surface area contributed by atoms with E-state index < -0.39 is 0 Å². The molecule has 0 unspecified atom stereocenters. The molecule has 116 valence electrons. The van der Waals surface area contributed by atoms with Gasteiger partial charge < -0.3 is 9.42 Å². The molecule has 2 heterocycles. The molecule has 1 aromatic rings. The first-order chi connectivity index (χ1) is 10.2. The number of hydrogen-bond donors (Lipinski definition) is 0. The van der Waals surface area contributed by atoms with E-state index in [1.807, 2.05) is 6.92 Å². The highest BCUT2D eigenvalue weighted by atomic mass is 16.5. The Labute approximate surface area is 127 Å². The van der Waals surface area contributed by atoms with Crippen molar-refractivity contribution in [3.05, 3.63) is 17.5 Å². The molecule has 1 saturated heterocycles. The van der Waals surface area contributed by atoms with Gasteiger partial charge in [-0.3, -0.25) is 4.90 Å². The van der Waals surface area contributed by atoms with Crippen LogP contribution in [0.2, 0.25) is 0 Å². The molecule has 3 fully saturated rings. The monoisotopic (exact) mass is 289 g/mol. The topological polar surface area (TPSA) is 32.5 Å². The van der Waals surface area contributed by atoms with Gasteiger partial charge in [0.2, 0.25) is 0 Å². The summed E-state index contributed by atoms with van der Waals surface area (Å²) in [6.07, 6.45) is 7.52. The lowest BCUT2D eigenvalue weighted by Crippen LogP contribution is -2.48. The Morgan fingerprint density at radius 1 is 1.19 bits per heavy atom. The van der Waals surface area contributed by atoms with Crippen molar-refractivity contribution in [1.82, 2.24) is 15.0 Å². The molecule has 1 aromatic heterocycles. The van der Waals surface area contributed by atoms with Crippen LogP contribution in [-0.2, 0) is 6.54 Å². The highest BCUT2D eigenvalue weighted by Crippen LogP contribution is 2.54. The third-order valence-corrected chi connectivity index (χ3v) is 5.97. The molecule has 0 N–H and O–H groups in total. The first kappa shape index (κ1) is 13.8. The third-order valence-electron chi connectivity index (χ3n) is 5.97. The van der Waals surface area contributed by atoms with Gasteiger partial charge in [0.1, 0.15) is 5.76 Å². The normalized spacial score (nSPS) is 33.9. The van der Waals surface area contributed by atoms with Crippen LogP contribution in [0.3, 0.4) is 0 Å². The van der Waals surface area contributed by atoms with Crippen molar-refractivity contribution in [2.75, 3.05) is 32.7 Å². The summed E-state index contributed by atoms with van der Waals surface area (Å²) in [6, 6.07) is 2.06. The zero-order valence-corrected chi connectivity index (χ0v) is 13.2. The minimum Gasteiger partial charge on any atom is -0.361 e. The van der Waals surface area contributed by atoms with Crippen molar-refractivity contribution in [2.45, 2.75) is 45.6 Å². The van der Waals surface area contributed by atoms with E-state index in [1.54, 1.807) is 0 Å². The fourth-order valence-electron chi connectivity index (χ4n) is 4.83. The van der Waals surface area contributed by atoms with Crippen molar-refractivity contribution < 1.29 is 4.52 Å². The van der Waals surface area contributed by atoms with E-state index in [2.05, 4.69) is 21.0 Å². The van der Waals surface area contributed by atoms with E-state index in [4.69, 9.17) is 4.52 Å². The molecule has 2 saturated carbocycles. The fraction of sp³-hybridized carbons (Fsp3) is 0.824. The van der Waals surface area contributed by atoms with Crippen LogP contribution < -0.4 is 0 Å². The average Bonchev–Trinajstić information content (AvgIpc) is 3.17. The van der Waals surface area contributed by atoms with Gasteiger partial charge in [0, 0.05) is 45.3 Å². The molecule has 4 heteroatoms. The number of aromatic nitrogens is 1. The minimum atomic E-state index is 0.704. The lowest BCUT2D eigenvalue weighted by Gasteiger charge is -2.39. The van der Waals surface area contributed by atoms with Gasteiger partial charge in [-0.15, -0.1) is 0 Å². The number of rotatable bonds is 4. The standard InChI is InChI=1S/C17H27N3O/c1-14-10-16(18-21-14)12-19-6-8-20(9-7-19)13-17-4-2-15(11-17)3-5-17/h10,15H,2-9,11-13H2,1H3. The predicted molar refractivity (Wildman–Crippen MR) is 82.0 cm³/mol. The molecular weight excluding hydrogens is 262 g/mol. The van der Waals surface area contributed by atoms with Gasteiger partial charge in [0.15, 0.2) is 0 Å². The molecule has 21 heavy (non-hydrogen) atoms. The summed E-state index contributed by atoms with van der Waals surface area (Å²) in [5.74, 6) is 1.99. The Kier molecular flexibility index (Phi) is 3.54. The summed E-state index contributed by atoms with van der Waals surface area (Å²) in [6.45, 7) is 9.06. The number of hydrogen-bond acceptors (Lipinski definition) is 4. The SMILES string of the molecule is Cc1cc(CN2CCN(CC34CCC(CC3)C4)CC2)no1. The number of nitrogens with zero attached hydrogens (tertiary/aromatic N) is 3. The van der Waals surface area contributed by atoms with Gasteiger partial charge in [0.05, 0.1) is 5.69 Å². The predicted octanol–water partition coefficient (Wildman–Crippen LogP) is 2.68. The van der Waals surface area contributed by atoms with Crippen molar-refractivity contribution in [2.24, 2.45) is 11.3 Å². The van der Waals surface area contributed by atoms with Gasteiger partial charge in [-0.2, -0.15) is 0 Å². The van der Waals surface area contributed by atoms with E-state index in [-0.39, 0.29) is 0 Å². The molecule has 4 rings (SSSR count). The molecular formula is C17H27N3O. The highest BCUT2D eigenvalue weighted by Gasteiger charge is 2.45. The second-order valence-electron chi connectivity index (χ2n) is 7.63. The number of piperazine rings is 1. The molecule has 0 atom stereocenters. The molecule has 0 amide bonds. The third kappa shape index (κ3) is 2.88. The average molecular weight is 289 g/mol. The van der Waals surface area contributed by atoms with Crippen LogP contribution in [0, 0.1) is 18.3 Å². The maximum Gasteiger partial charge on any atom is 0.133 e. The quantitative estimate of drug-likeness (QED) is 0.853. The molecule has 0 radical (unpaired) electrons. The largest absolute Gasteiger partial charge is 0.361 e. The number of aryl methyl sites for hydroxylation is 1. The Morgan fingerprint density at radius 2 is 1.90 bits per heavy atom. The molecule has 4 nitrogen and oxygen atoms in total. The molecule has 2 bridgehead atoms. The Morgan fingerprint density at radius 3 is 2.48 bits per heavy atom. The van der Waals surface area contributed by atoms with Gasteiger partial charge in [-0.25, -0.2) is 0 Å². The zero-order valence-electron chi connectivity index (χ0n) is 13.2. The van der Waals surface area contributed by atoms with Crippen LogP contribution >= 0.6 is 0 Å². The zero-order chi connectivity index (χ0) is 14.3. The van der Waals surface area contributed by atoms with Crippen molar-refractivity contribution in [1.29, 1.82) is 0 Å². The smallest absolute Gasteiger partial charge is 0.133 e. The van der Waals surface area contributed by atoms with Crippen molar-refractivity contribution in [3.63, 3.8) is 0 Å². The minimum absolute atomic E-state index is 0.704. The lowest BCUT2D eigenvalue weighted by molar-refractivity contribution is 0.0825. The lowest BCUT2D eigenvalue weighted by atomic mass is 9.83. The van der Waals surface area contributed by atoms with Gasteiger partial charge in [0.25, 0.3) is 0 Å². The summed E-state index contributed by atoms with van der Waals surface area (Å²) in [4.78, 5) is 5.23. The van der Waals surface area contributed by atoms with Crippen LogP contribution in [0.5, 0.6) is 0 Å². The van der Waals surface area contributed by atoms with Crippen LogP contribution in [0.25, 0.3) is 0 Å². The maximum absolute atomic E-state index is 5.16. The maximum atomic E-state index is 5.16. The van der Waals surface area contributed by atoms with Crippen molar-refractivity contribution in [3.8, 4) is 0 Å². The molecule has 0 spiro atoms. The number of fused-ring (bicyclic) bond motifs is 2. The molecule has 3 aliphatic rings. The Bertz CT molecular complexity index is 482. The summed E-state index contributed by atoms with van der Waals surface area (Å²) >= 11 is 0. The van der Waals surface area contributed by atoms with Gasteiger partial charge in [-0.1, -0.05) is 5.16 Å². The van der Waals surface area contributed by atoms with Crippen LogP contribution in [0.1, 0.15) is 43.6 Å². The summed E-state index contributed by atoms with van der Waals surface area (Å²) in [5, 5.41) is 4.11. The Hall–Kier alpha value is -0.870. The summed E-state index contributed by atoms with van der Waals surface area (Å²) in [7, 11) is 0. The Balaban J connectivity index is 1.27. The summed E-state index contributed by atoms with van der Waals surface area (Å²) < 4.78 is 5.16. The van der Waals surface area contributed by atoms with Crippen LogP contribution in [0.15, 0.2) is 10.6 Å². The summed E-state index contributed by atoms with van der Waals surface area (Å²) in [5.41, 5.74) is 1.78. The van der Waals surface area contributed by atoms with E-state index in [9.17, 15) is 0 Å². The molecule has 1 aliphatic heterocycles.